The van der Waals surface area contributed by atoms with Gasteiger partial charge < -0.3 is 18.9 Å². The number of ether oxygens (including phenoxy) is 4. The summed E-state index contributed by atoms with van der Waals surface area (Å²) < 4.78 is 43.0. The fraction of sp³-hybridized carbons (Fsp3) is 0.732. The predicted octanol–water partition coefficient (Wildman–Crippen LogP) is 26.6. The second-order valence-corrected chi connectivity index (χ2v) is 33.9. The molecule has 10 nitrogen and oxygen atoms in total. The molecule has 15 heteroatoms. The molecule has 0 radical (unpaired) electrons. The molecule has 0 saturated heterocycles. The average molecular weight is 1430 g/mol. The smallest absolute Gasteiger partial charge is 0.308 e. The van der Waals surface area contributed by atoms with Gasteiger partial charge in [0.15, 0.2) is 24.1 Å². The molecule has 1 aromatic carbocycles. The Morgan fingerprint density at radius 3 is 1.06 bits per heavy atom. The summed E-state index contributed by atoms with van der Waals surface area (Å²) in [6.07, 6.45) is 52.4. The molecule has 540 valence electrons. The minimum absolute atomic E-state index is 0.0619. The molecule has 2 saturated carbocycles. The first-order valence-electron chi connectivity index (χ1n) is 39.7. The van der Waals surface area contributed by atoms with Crippen molar-refractivity contribution < 1.29 is 38.1 Å². The van der Waals surface area contributed by atoms with Crippen molar-refractivity contribution >= 4 is 111 Å². The van der Waals surface area contributed by atoms with E-state index in [9.17, 15) is 19.2 Å². The molecule has 5 aromatic heterocycles. The molecule has 2 aliphatic rings. The van der Waals surface area contributed by atoms with Crippen LogP contribution >= 0.6 is 57.1 Å². The van der Waals surface area contributed by atoms with Crippen molar-refractivity contribution in [3.05, 3.63) is 33.0 Å². The lowest BCUT2D eigenvalue weighted by Crippen LogP contribution is -2.31. The second kappa shape index (κ2) is 44.6. The molecule has 0 bridgehead atoms. The Kier molecular flexibility index (Phi) is 36.3. The van der Waals surface area contributed by atoms with Gasteiger partial charge in [0.25, 0.3) is 0 Å². The Hall–Kier alpha value is -3.76. The number of carbonyl (C=O) groups is 4. The van der Waals surface area contributed by atoms with E-state index < -0.39 is 0 Å². The zero-order chi connectivity index (χ0) is 68.4. The average Bonchev–Trinajstić information content (AvgIpc) is 1.63. The van der Waals surface area contributed by atoms with E-state index in [2.05, 4.69) is 53.7 Å². The number of benzene rings is 1. The SMILES string of the molecule is CCCCCCCCc1c(C=O)sc2cc(-c3c(OC4CCC(C(=O)OCC(CCCCCC)CCCCCCCC)CC4)c(OC4CCC(C(=O)OCC(CCCCCC)CCCCCCCC)CC4)c(-c4cc5sc(C=O)c(CCCCCCCC)c5s4)c4nsnc34)sc12. The zero-order valence-corrected chi connectivity index (χ0v) is 65.0. The molecule has 97 heavy (non-hydrogen) atoms. The van der Waals surface area contributed by atoms with Gasteiger partial charge in [-0.15, -0.1) is 45.3 Å². The van der Waals surface area contributed by atoms with E-state index in [-0.39, 0.29) is 36.0 Å². The first kappa shape index (κ1) is 79.0. The number of esters is 2. The lowest BCUT2D eigenvalue weighted by molar-refractivity contribution is -0.152. The molecule has 6 aromatic rings. The molecule has 5 heterocycles. The van der Waals surface area contributed by atoms with E-state index in [1.807, 2.05) is 0 Å². The van der Waals surface area contributed by atoms with Crippen LogP contribution in [0, 0.1) is 23.7 Å². The first-order chi connectivity index (χ1) is 47.7. The summed E-state index contributed by atoms with van der Waals surface area (Å²) in [6, 6.07) is 4.50. The maximum absolute atomic E-state index is 14.2. The van der Waals surface area contributed by atoms with Gasteiger partial charge >= 0.3 is 11.9 Å². The van der Waals surface area contributed by atoms with Gasteiger partial charge in [-0.3, -0.25) is 19.2 Å². The Balaban J connectivity index is 1.13. The van der Waals surface area contributed by atoms with E-state index in [0.717, 1.165) is 148 Å². The van der Waals surface area contributed by atoms with Crippen LogP contribution < -0.4 is 9.47 Å². The molecule has 8 rings (SSSR count). The van der Waals surface area contributed by atoms with E-state index in [1.165, 1.54) is 192 Å². The van der Waals surface area contributed by atoms with Crippen LogP contribution in [-0.2, 0) is 31.9 Å². The Morgan fingerprint density at radius 1 is 0.423 bits per heavy atom. The molecule has 2 fully saturated rings. The minimum Gasteiger partial charge on any atom is -0.486 e. The zero-order valence-electron chi connectivity index (χ0n) is 60.9. The van der Waals surface area contributed by atoms with Crippen LogP contribution in [0.15, 0.2) is 12.1 Å². The van der Waals surface area contributed by atoms with Gasteiger partial charge in [-0.2, -0.15) is 8.75 Å². The van der Waals surface area contributed by atoms with Crippen molar-refractivity contribution in [1.29, 1.82) is 0 Å². The van der Waals surface area contributed by atoms with Crippen molar-refractivity contribution in [3.8, 4) is 32.4 Å². The maximum Gasteiger partial charge on any atom is 0.308 e. The summed E-state index contributed by atoms with van der Waals surface area (Å²) in [7, 11) is 0. The maximum atomic E-state index is 14.2. The lowest BCUT2D eigenvalue weighted by atomic mass is 9.87. The highest BCUT2D eigenvalue weighted by atomic mass is 32.1. The fourth-order valence-electron chi connectivity index (χ4n) is 15.2. The van der Waals surface area contributed by atoms with Gasteiger partial charge in [0.1, 0.15) is 11.0 Å². The standard InChI is InChI=1S/C82H124N2O8S5/c1-7-13-19-25-29-35-41-59(39-33-23-17-11-5)57-89-81(87)61-45-49-63(50-46-61)91-77-73(67-53-69-79(95-67)65(71(55-85)93-69)43-37-31-27-21-15-9-3)75-76(84-97-83-75)74(68-54-70-80(96-68)66(72(56-86)94-70)44-38-32-28-22-16-10-4)78(77)92-64-51-47-62(48-52-64)82(88)90-58-60(40-34-24-18-12-6)42-36-30-26-20-14-8-2/h53-56,59-64H,7-52,57-58H2,1-6H3. The number of aldehydes is 2. The van der Waals surface area contributed by atoms with Crippen molar-refractivity contribution in [1.82, 2.24) is 8.75 Å². The van der Waals surface area contributed by atoms with E-state index in [1.54, 1.807) is 45.3 Å². The van der Waals surface area contributed by atoms with E-state index in [0.29, 0.717) is 87.9 Å². The number of aryl methyl sites for hydroxylation is 2. The molecular weight excluding hydrogens is 1300 g/mol. The molecule has 0 N–H and O–H groups in total. The third-order valence-corrected chi connectivity index (χ3v) is 26.7. The summed E-state index contributed by atoms with van der Waals surface area (Å²) in [5, 5.41) is 0. The Bertz CT molecular complexity index is 3020. The van der Waals surface area contributed by atoms with Gasteiger partial charge in [-0.1, -0.05) is 234 Å². The monoisotopic (exact) mass is 1420 g/mol. The summed E-state index contributed by atoms with van der Waals surface area (Å²) >= 11 is 7.83. The van der Waals surface area contributed by atoms with Gasteiger partial charge in [0.05, 0.1) is 69.9 Å². The highest BCUT2D eigenvalue weighted by Crippen LogP contribution is 2.57. The summed E-state index contributed by atoms with van der Waals surface area (Å²) in [6.45, 7) is 14.6. The number of aromatic nitrogens is 2. The molecule has 2 unspecified atom stereocenters. The Morgan fingerprint density at radius 2 is 0.732 bits per heavy atom. The van der Waals surface area contributed by atoms with Gasteiger partial charge in [-0.25, -0.2) is 0 Å². The Labute approximate surface area is 605 Å². The number of carbonyl (C=O) groups excluding carboxylic acids is 4. The van der Waals surface area contributed by atoms with Crippen LogP contribution in [0.3, 0.4) is 0 Å². The summed E-state index contributed by atoms with van der Waals surface area (Å²) in [5.74, 6) is 1.61. The lowest BCUT2D eigenvalue weighted by Gasteiger charge is -2.32. The summed E-state index contributed by atoms with van der Waals surface area (Å²) in [4.78, 5) is 57.7. The van der Waals surface area contributed by atoms with Crippen molar-refractivity contribution in [2.24, 2.45) is 23.7 Å². The number of unbranched alkanes of at least 4 members (excludes halogenated alkanes) is 26. The normalized spacial score (nSPS) is 17.3. The highest BCUT2D eigenvalue weighted by Gasteiger charge is 2.37. The molecular formula is C82H124N2O8S5. The van der Waals surface area contributed by atoms with Crippen LogP contribution in [0.4, 0.5) is 0 Å². The largest absolute Gasteiger partial charge is 0.486 e. The van der Waals surface area contributed by atoms with Crippen molar-refractivity contribution in [3.63, 3.8) is 0 Å². The number of hydrogen-bond acceptors (Lipinski definition) is 15. The van der Waals surface area contributed by atoms with E-state index >= 15 is 0 Å². The molecule has 0 spiro atoms. The molecule has 0 amide bonds. The molecule has 2 aliphatic carbocycles. The molecule has 0 aliphatic heterocycles. The third kappa shape index (κ3) is 24.2. The predicted molar refractivity (Wildman–Crippen MR) is 415 cm³/mol. The van der Waals surface area contributed by atoms with Crippen molar-refractivity contribution in [2.75, 3.05) is 13.2 Å². The quantitative estimate of drug-likeness (QED) is 0.0207. The number of nitrogens with zero attached hydrogens (tertiary/aromatic N) is 2. The molecule has 2 atom stereocenters. The third-order valence-electron chi connectivity index (χ3n) is 21.2. The van der Waals surface area contributed by atoms with Gasteiger partial charge in [0.2, 0.25) is 0 Å². The first-order valence-corrected chi connectivity index (χ1v) is 43.7. The van der Waals surface area contributed by atoms with Crippen LogP contribution in [0.25, 0.3) is 50.7 Å². The van der Waals surface area contributed by atoms with Gasteiger partial charge in [0, 0.05) is 28.6 Å². The van der Waals surface area contributed by atoms with Crippen molar-refractivity contribution in [2.45, 2.75) is 349 Å². The number of hydrogen-bond donors (Lipinski definition) is 0. The van der Waals surface area contributed by atoms with Crippen LogP contribution in [0.2, 0.25) is 0 Å². The van der Waals surface area contributed by atoms with Gasteiger partial charge in [-0.05, 0) is 138 Å². The summed E-state index contributed by atoms with van der Waals surface area (Å²) in [5.41, 5.74) is 5.52. The number of thiophene rings is 4. The topological polar surface area (TPSA) is 131 Å². The van der Waals surface area contributed by atoms with Crippen LogP contribution in [-0.4, -0.2) is 58.7 Å². The highest BCUT2D eigenvalue weighted by molar-refractivity contribution is 7.31. The minimum atomic E-state index is -0.222. The van der Waals surface area contributed by atoms with E-state index in [4.69, 9.17) is 27.7 Å². The number of rotatable bonds is 52. The van der Waals surface area contributed by atoms with Crippen LogP contribution in [0.1, 0.15) is 355 Å². The second-order valence-electron chi connectivity index (χ2n) is 29.1. The number of fused-ring (bicyclic) bond motifs is 3. The van der Waals surface area contributed by atoms with Crippen LogP contribution in [0.5, 0.6) is 11.5 Å². The fourth-order valence-corrected chi connectivity index (χ4v) is 20.9.